The zero-order valence-electron chi connectivity index (χ0n) is 17.3. The number of carbonyl (C=O) groups excluding carboxylic acids is 1. The standard InChI is InChI=1S/C22H29N3O4/c1-20(2,3)29-19(26)24-14-21(27,15-24)22(23-4)12-8-11-18-25(22)17(13-28-18)16-9-6-5-7-10-16/h5-7,9-10,17-18,27H,8,11-15H2,1-3H3/t17-,18?,22+/m1/s1. The summed E-state index contributed by atoms with van der Waals surface area (Å²) < 4.78 is 11.5. The van der Waals surface area contributed by atoms with Gasteiger partial charge >= 0.3 is 11.8 Å². The lowest BCUT2D eigenvalue weighted by atomic mass is 9.74. The third-order valence-corrected chi connectivity index (χ3v) is 6.17. The van der Waals surface area contributed by atoms with Crippen molar-refractivity contribution in [1.29, 1.82) is 0 Å². The highest BCUT2D eigenvalue weighted by Gasteiger charge is 2.71. The Kier molecular flexibility index (Phi) is 4.85. The molecule has 1 amide bonds. The molecule has 4 rings (SSSR count). The highest BCUT2D eigenvalue weighted by molar-refractivity contribution is 5.70. The number of aliphatic hydroxyl groups is 1. The van der Waals surface area contributed by atoms with Crippen molar-refractivity contribution in [2.45, 2.75) is 69.2 Å². The van der Waals surface area contributed by atoms with E-state index in [-0.39, 0.29) is 25.4 Å². The number of fused-ring (bicyclic) bond motifs is 1. The van der Waals surface area contributed by atoms with E-state index in [2.05, 4.69) is 9.74 Å². The van der Waals surface area contributed by atoms with Crippen LogP contribution in [-0.4, -0.2) is 63.8 Å². The fourth-order valence-corrected chi connectivity index (χ4v) is 4.85. The zero-order valence-corrected chi connectivity index (χ0v) is 17.3. The van der Waals surface area contributed by atoms with Crippen LogP contribution in [0, 0.1) is 6.57 Å². The van der Waals surface area contributed by atoms with Crippen LogP contribution in [0.15, 0.2) is 30.3 Å². The molecule has 1 aromatic rings. The number of β-amino-alcohol motifs (C(OH)–C–C–N with tert-alkyl or cyclic N) is 1. The highest BCUT2D eigenvalue weighted by atomic mass is 16.6. The monoisotopic (exact) mass is 399 g/mol. The maximum Gasteiger partial charge on any atom is 0.410 e. The predicted octanol–water partition coefficient (Wildman–Crippen LogP) is 3.17. The second kappa shape index (κ2) is 6.98. The van der Waals surface area contributed by atoms with Gasteiger partial charge in [0.2, 0.25) is 0 Å². The first-order chi connectivity index (χ1) is 13.7. The van der Waals surface area contributed by atoms with Crippen molar-refractivity contribution in [2.75, 3.05) is 19.7 Å². The van der Waals surface area contributed by atoms with Gasteiger partial charge in [0.1, 0.15) is 11.8 Å². The summed E-state index contributed by atoms with van der Waals surface area (Å²) in [6.45, 7) is 14.2. The Morgan fingerprint density at radius 2 is 2.00 bits per heavy atom. The minimum atomic E-state index is -1.31. The van der Waals surface area contributed by atoms with Crippen LogP contribution in [0.1, 0.15) is 51.6 Å². The smallest absolute Gasteiger partial charge is 0.410 e. The van der Waals surface area contributed by atoms with Crippen LogP contribution >= 0.6 is 0 Å². The zero-order chi connectivity index (χ0) is 20.9. The Hall–Kier alpha value is -2.14. The quantitative estimate of drug-likeness (QED) is 0.774. The summed E-state index contributed by atoms with van der Waals surface area (Å²) >= 11 is 0. The number of carbonyl (C=O) groups is 1. The molecule has 1 N–H and O–H groups in total. The van der Waals surface area contributed by atoms with Gasteiger partial charge in [-0.3, -0.25) is 4.85 Å². The van der Waals surface area contributed by atoms with Crippen molar-refractivity contribution < 1.29 is 19.4 Å². The van der Waals surface area contributed by atoms with Gasteiger partial charge in [-0.15, -0.1) is 0 Å². The summed E-state index contributed by atoms with van der Waals surface area (Å²) in [5, 5.41) is 11.6. The number of nitrogens with zero attached hydrogens (tertiary/aromatic N) is 3. The predicted molar refractivity (Wildman–Crippen MR) is 107 cm³/mol. The van der Waals surface area contributed by atoms with Crippen LogP contribution in [0.2, 0.25) is 0 Å². The van der Waals surface area contributed by atoms with Crippen LogP contribution in [0.25, 0.3) is 4.85 Å². The lowest BCUT2D eigenvalue weighted by molar-refractivity contribution is -0.203. The molecule has 3 fully saturated rings. The summed E-state index contributed by atoms with van der Waals surface area (Å²) in [5.74, 6) is 0. The number of benzene rings is 1. The SMILES string of the molecule is [C-]#[N+][C@@]1(C2(O)CN(C(=O)OC(C)(C)C)C2)CCCC2OC[C@H](c3ccccc3)N21. The second-order valence-corrected chi connectivity index (χ2v) is 9.31. The molecular weight excluding hydrogens is 370 g/mol. The van der Waals surface area contributed by atoms with E-state index in [1.54, 1.807) is 0 Å². The number of hydrogen-bond acceptors (Lipinski definition) is 5. The molecule has 0 aromatic heterocycles. The van der Waals surface area contributed by atoms with E-state index in [4.69, 9.17) is 16.0 Å². The molecule has 0 spiro atoms. The average molecular weight is 399 g/mol. The van der Waals surface area contributed by atoms with Gasteiger partial charge in [-0.05, 0) is 39.2 Å². The number of piperidine rings is 1. The molecule has 1 unspecified atom stereocenters. The average Bonchev–Trinajstić information content (AvgIpc) is 3.09. The lowest BCUT2D eigenvalue weighted by Gasteiger charge is -2.55. The molecule has 0 aliphatic carbocycles. The number of likely N-dealkylation sites (tertiary alicyclic amines) is 1. The molecule has 3 saturated heterocycles. The van der Waals surface area contributed by atoms with E-state index in [9.17, 15) is 9.90 Å². The Labute approximate surface area is 172 Å². The summed E-state index contributed by atoms with van der Waals surface area (Å²) in [5.41, 5.74) is -1.95. The fraction of sp³-hybridized carbons (Fsp3) is 0.636. The third kappa shape index (κ3) is 3.29. The molecule has 3 aliphatic rings. The fourth-order valence-electron chi connectivity index (χ4n) is 4.85. The second-order valence-electron chi connectivity index (χ2n) is 9.31. The summed E-state index contributed by atoms with van der Waals surface area (Å²) in [6.07, 6.45) is 1.56. The summed E-state index contributed by atoms with van der Waals surface area (Å²) in [4.78, 5) is 20.0. The van der Waals surface area contributed by atoms with E-state index >= 15 is 0 Å². The topological polar surface area (TPSA) is 66.6 Å². The third-order valence-electron chi connectivity index (χ3n) is 6.17. The molecule has 7 heteroatoms. The van der Waals surface area contributed by atoms with Crippen molar-refractivity contribution in [3.05, 3.63) is 47.3 Å². The molecule has 3 aliphatic heterocycles. The van der Waals surface area contributed by atoms with E-state index in [0.29, 0.717) is 13.0 Å². The van der Waals surface area contributed by atoms with Gasteiger partial charge in [0.15, 0.2) is 5.60 Å². The van der Waals surface area contributed by atoms with Crippen LogP contribution in [-0.2, 0) is 9.47 Å². The minimum absolute atomic E-state index is 0.0878. The highest BCUT2D eigenvalue weighted by Crippen LogP contribution is 2.51. The van der Waals surface area contributed by atoms with Gasteiger partial charge < -0.3 is 19.5 Å². The van der Waals surface area contributed by atoms with Crippen molar-refractivity contribution in [2.24, 2.45) is 0 Å². The molecular formula is C22H29N3O4. The van der Waals surface area contributed by atoms with Gasteiger partial charge in [0.05, 0.1) is 25.7 Å². The van der Waals surface area contributed by atoms with E-state index in [1.165, 1.54) is 4.90 Å². The molecule has 29 heavy (non-hydrogen) atoms. The normalized spacial score (nSPS) is 31.5. The molecule has 0 radical (unpaired) electrons. The summed E-state index contributed by atoms with van der Waals surface area (Å²) in [7, 11) is 0. The van der Waals surface area contributed by atoms with Crippen molar-refractivity contribution >= 4 is 6.09 Å². The Morgan fingerprint density at radius 1 is 1.31 bits per heavy atom. The van der Waals surface area contributed by atoms with Gasteiger partial charge in [0.25, 0.3) is 0 Å². The molecule has 3 heterocycles. The van der Waals surface area contributed by atoms with Gasteiger partial charge in [-0.25, -0.2) is 11.4 Å². The van der Waals surface area contributed by atoms with Gasteiger partial charge in [-0.1, -0.05) is 30.3 Å². The maximum absolute atomic E-state index is 12.4. The van der Waals surface area contributed by atoms with E-state index in [1.807, 2.05) is 51.1 Å². The van der Waals surface area contributed by atoms with E-state index < -0.39 is 23.0 Å². The van der Waals surface area contributed by atoms with E-state index in [0.717, 1.165) is 18.4 Å². The van der Waals surface area contributed by atoms with Crippen LogP contribution < -0.4 is 0 Å². The van der Waals surface area contributed by atoms with Crippen molar-refractivity contribution in [3.63, 3.8) is 0 Å². The molecule has 7 nitrogen and oxygen atoms in total. The Balaban J connectivity index is 1.60. The van der Waals surface area contributed by atoms with Gasteiger partial charge in [0, 0.05) is 6.42 Å². The number of hydrogen-bond donors (Lipinski definition) is 1. The Morgan fingerprint density at radius 3 is 2.62 bits per heavy atom. The number of ether oxygens (including phenoxy) is 2. The van der Waals surface area contributed by atoms with Crippen molar-refractivity contribution in [3.8, 4) is 0 Å². The van der Waals surface area contributed by atoms with Crippen molar-refractivity contribution in [1.82, 2.24) is 9.80 Å². The number of rotatable bonds is 2. The molecule has 1 aromatic carbocycles. The largest absolute Gasteiger partial charge is 0.444 e. The molecule has 0 bridgehead atoms. The van der Waals surface area contributed by atoms with Crippen LogP contribution in [0.4, 0.5) is 4.79 Å². The number of amides is 1. The first-order valence-electron chi connectivity index (χ1n) is 10.2. The molecule has 156 valence electrons. The first kappa shape index (κ1) is 20.1. The lowest BCUT2D eigenvalue weighted by Crippen LogP contribution is -2.78. The summed E-state index contributed by atoms with van der Waals surface area (Å²) in [6, 6.07) is 9.92. The molecule has 0 saturated carbocycles. The van der Waals surface area contributed by atoms with Crippen LogP contribution in [0.5, 0.6) is 0 Å². The first-order valence-corrected chi connectivity index (χ1v) is 10.2. The maximum atomic E-state index is 12.4. The Bertz CT molecular complexity index is 810. The molecule has 3 atom stereocenters. The van der Waals surface area contributed by atoms with Gasteiger partial charge in [-0.2, -0.15) is 4.90 Å². The van der Waals surface area contributed by atoms with Crippen LogP contribution in [0.3, 0.4) is 0 Å². The minimum Gasteiger partial charge on any atom is -0.444 e.